The molecule has 0 unspecified atom stereocenters. The van der Waals surface area contributed by atoms with Crippen LogP contribution in [-0.2, 0) is 13.0 Å². The van der Waals surface area contributed by atoms with E-state index in [0.717, 1.165) is 52.7 Å². The molecule has 2 aromatic heterocycles. The second-order valence-electron chi connectivity index (χ2n) is 7.24. The van der Waals surface area contributed by atoms with Crippen LogP contribution in [0.5, 0.6) is 0 Å². The Morgan fingerprint density at radius 1 is 1.10 bits per heavy atom. The number of hydrogen-bond acceptors (Lipinski definition) is 4. The predicted molar refractivity (Wildman–Crippen MR) is 126 cm³/mol. The van der Waals surface area contributed by atoms with Gasteiger partial charge in [0.1, 0.15) is 11.3 Å². The van der Waals surface area contributed by atoms with Crippen LogP contribution in [0, 0.1) is 0 Å². The molecule has 0 bridgehead atoms. The van der Waals surface area contributed by atoms with Crippen molar-refractivity contribution in [1.29, 1.82) is 0 Å². The second kappa shape index (κ2) is 8.82. The van der Waals surface area contributed by atoms with Crippen molar-refractivity contribution in [2.75, 3.05) is 17.6 Å². The molecule has 2 amide bonds. The first-order chi connectivity index (χ1) is 14.7. The number of aryl methyl sites for hydroxylation is 1. The monoisotopic (exact) mass is 406 g/mol. The molecule has 7 nitrogen and oxygen atoms in total. The van der Waals surface area contributed by atoms with Gasteiger partial charge in [0, 0.05) is 33.4 Å². The summed E-state index contributed by atoms with van der Waals surface area (Å²) in [6, 6.07) is 17.1. The number of aromatic nitrogens is 3. The third kappa shape index (κ3) is 4.05. The van der Waals surface area contributed by atoms with Gasteiger partial charge in [0.05, 0.1) is 11.0 Å². The number of nitrogens with zero attached hydrogens (tertiary/aromatic N) is 3. The average molecular weight is 407 g/mol. The highest BCUT2D eigenvalue weighted by Crippen LogP contribution is 2.29. The highest BCUT2D eigenvalue weighted by molar-refractivity contribution is 6.06. The fourth-order valence-corrected chi connectivity index (χ4v) is 3.65. The topological polar surface area (TPSA) is 97.9 Å². The quantitative estimate of drug-likeness (QED) is 0.410. The van der Waals surface area contributed by atoms with Crippen molar-refractivity contribution in [3.05, 3.63) is 60.4 Å². The van der Waals surface area contributed by atoms with E-state index >= 15 is 0 Å². The normalized spacial score (nSPS) is 11.1. The van der Waals surface area contributed by atoms with E-state index in [9.17, 15) is 4.79 Å². The number of unbranched alkanes of at least 4 members (excludes halogenated alkanes) is 1. The van der Waals surface area contributed by atoms with Gasteiger partial charge in [-0.15, -0.1) is 0 Å². The van der Waals surface area contributed by atoms with Crippen molar-refractivity contribution >= 4 is 39.5 Å². The number of pyridine rings is 1. The first-order valence-electron chi connectivity index (χ1n) is 10.3. The summed E-state index contributed by atoms with van der Waals surface area (Å²) in [6.45, 7) is 3.23. The van der Waals surface area contributed by atoms with Crippen LogP contribution in [0.1, 0.15) is 28.4 Å². The number of carbonyl (C=O) groups is 1. The van der Waals surface area contributed by atoms with Gasteiger partial charge >= 0.3 is 6.03 Å². The largest absolute Gasteiger partial charge is 0.382 e. The summed E-state index contributed by atoms with van der Waals surface area (Å²) in [5, 5.41) is 6.80. The van der Waals surface area contributed by atoms with E-state index in [2.05, 4.69) is 27.1 Å². The van der Waals surface area contributed by atoms with E-state index < -0.39 is 0 Å². The number of urea groups is 1. The molecule has 4 N–H and O–H groups in total. The van der Waals surface area contributed by atoms with E-state index in [1.807, 2.05) is 54.6 Å². The Balaban J connectivity index is 0.00000181. The van der Waals surface area contributed by atoms with E-state index in [-0.39, 0.29) is 8.88 Å². The number of nitrogens with one attached hydrogen (secondary N) is 2. The molecule has 0 saturated carbocycles. The molecule has 0 aliphatic carbocycles. The minimum atomic E-state index is -0.230. The number of anilines is 2. The Kier molecular flexibility index (Phi) is 5.79. The first kappa shape index (κ1) is 19.7. The van der Waals surface area contributed by atoms with Crippen molar-refractivity contribution in [2.24, 2.45) is 0 Å². The number of para-hydroxylation sites is 2. The fourth-order valence-electron chi connectivity index (χ4n) is 3.65. The molecule has 0 saturated heterocycles. The van der Waals surface area contributed by atoms with Crippen molar-refractivity contribution in [1.82, 2.24) is 19.9 Å². The number of benzene rings is 2. The SMILES string of the molecule is CCCCc1nc2c(N)nc3ccccc3c2n1CCNC(=O)Nc1ccccc1.[HH].[HH]. The Labute approximate surface area is 178 Å². The second-order valence-corrected chi connectivity index (χ2v) is 7.24. The van der Waals surface area contributed by atoms with Crippen molar-refractivity contribution < 1.29 is 7.65 Å². The van der Waals surface area contributed by atoms with Gasteiger partial charge in [0.2, 0.25) is 0 Å². The Morgan fingerprint density at radius 2 is 1.87 bits per heavy atom. The zero-order valence-electron chi connectivity index (χ0n) is 17.1. The highest BCUT2D eigenvalue weighted by Gasteiger charge is 2.17. The molecular weight excluding hydrogens is 376 g/mol. The lowest BCUT2D eigenvalue weighted by atomic mass is 10.2. The molecule has 7 heteroatoms. The molecule has 2 aromatic carbocycles. The fraction of sp³-hybridized carbons (Fsp3) is 0.261. The zero-order valence-corrected chi connectivity index (χ0v) is 17.1. The first-order valence-corrected chi connectivity index (χ1v) is 10.3. The molecule has 4 aromatic rings. The van der Waals surface area contributed by atoms with Crippen LogP contribution in [0.3, 0.4) is 0 Å². The number of nitrogen functional groups attached to an aromatic ring is 1. The standard InChI is InChI=1S/C23H26N6O.2H2/c1-2-3-13-19-28-20-21(17-11-7-8-12-18(17)27-22(20)24)29(19)15-14-25-23(30)26-16-9-5-4-6-10-16;;/h4-12H,2-3,13-15H2,1H3,(H2,24,27)(H2,25,26,30);2*1H. The van der Waals surface area contributed by atoms with Gasteiger partial charge in [-0.05, 0) is 24.6 Å². The predicted octanol–water partition coefficient (Wildman–Crippen LogP) is 4.82. The maximum atomic E-state index is 12.3. The number of carbonyl (C=O) groups excluding carboxylic acids is 1. The molecule has 0 aliphatic rings. The average Bonchev–Trinajstić information content (AvgIpc) is 3.12. The van der Waals surface area contributed by atoms with Crippen LogP contribution in [0.25, 0.3) is 21.9 Å². The molecule has 0 spiro atoms. The van der Waals surface area contributed by atoms with E-state index in [1.54, 1.807) is 0 Å². The van der Waals surface area contributed by atoms with Gasteiger partial charge < -0.3 is 20.9 Å². The van der Waals surface area contributed by atoms with Gasteiger partial charge in [-0.1, -0.05) is 49.7 Å². The van der Waals surface area contributed by atoms with Gasteiger partial charge in [0.15, 0.2) is 5.82 Å². The van der Waals surface area contributed by atoms with Gasteiger partial charge in [-0.2, -0.15) is 0 Å². The molecule has 4 rings (SSSR count). The molecule has 158 valence electrons. The summed E-state index contributed by atoms with van der Waals surface area (Å²) in [6.07, 6.45) is 2.97. The lowest BCUT2D eigenvalue weighted by Crippen LogP contribution is -2.31. The molecular formula is C23H30N6O. The number of fused-ring (bicyclic) bond motifs is 3. The molecule has 0 atom stereocenters. The smallest absolute Gasteiger partial charge is 0.319 e. The van der Waals surface area contributed by atoms with Crippen LogP contribution >= 0.6 is 0 Å². The molecule has 0 aliphatic heterocycles. The maximum absolute atomic E-state index is 12.3. The van der Waals surface area contributed by atoms with Crippen LogP contribution in [0.15, 0.2) is 54.6 Å². The number of imidazole rings is 1. The number of amides is 2. The minimum Gasteiger partial charge on any atom is -0.382 e. The number of nitrogens with two attached hydrogens (primary N) is 1. The summed E-state index contributed by atoms with van der Waals surface area (Å²) in [7, 11) is 0. The zero-order chi connectivity index (χ0) is 20.9. The Morgan fingerprint density at radius 3 is 2.67 bits per heavy atom. The summed E-state index contributed by atoms with van der Waals surface area (Å²) in [5.41, 5.74) is 9.55. The number of rotatable bonds is 7. The Bertz CT molecular complexity index is 1180. The highest BCUT2D eigenvalue weighted by atomic mass is 16.2. The van der Waals surface area contributed by atoms with E-state index in [1.165, 1.54) is 0 Å². The van der Waals surface area contributed by atoms with E-state index in [0.29, 0.717) is 18.9 Å². The van der Waals surface area contributed by atoms with Crippen molar-refractivity contribution in [3.8, 4) is 0 Å². The summed E-state index contributed by atoms with van der Waals surface area (Å²) < 4.78 is 2.17. The van der Waals surface area contributed by atoms with Crippen molar-refractivity contribution in [2.45, 2.75) is 32.7 Å². The number of hydrogen-bond donors (Lipinski definition) is 3. The lowest BCUT2D eigenvalue weighted by Gasteiger charge is -2.12. The maximum Gasteiger partial charge on any atom is 0.319 e. The third-order valence-corrected chi connectivity index (χ3v) is 5.10. The van der Waals surface area contributed by atoms with E-state index in [4.69, 9.17) is 10.7 Å². The summed E-state index contributed by atoms with van der Waals surface area (Å²) in [5.74, 6) is 1.41. The van der Waals surface area contributed by atoms with Crippen LogP contribution in [0.2, 0.25) is 0 Å². The van der Waals surface area contributed by atoms with Crippen LogP contribution < -0.4 is 16.4 Å². The van der Waals surface area contributed by atoms with Gasteiger partial charge in [-0.25, -0.2) is 14.8 Å². The van der Waals surface area contributed by atoms with Gasteiger partial charge in [-0.3, -0.25) is 0 Å². The molecule has 0 radical (unpaired) electrons. The minimum absolute atomic E-state index is 0. The molecule has 0 fully saturated rings. The van der Waals surface area contributed by atoms with Crippen molar-refractivity contribution in [3.63, 3.8) is 0 Å². The Hall–Kier alpha value is -3.61. The third-order valence-electron chi connectivity index (χ3n) is 5.10. The summed E-state index contributed by atoms with van der Waals surface area (Å²) >= 11 is 0. The molecule has 30 heavy (non-hydrogen) atoms. The van der Waals surface area contributed by atoms with Crippen LogP contribution in [-0.4, -0.2) is 27.1 Å². The molecule has 2 heterocycles. The lowest BCUT2D eigenvalue weighted by molar-refractivity contribution is 0.251. The van der Waals surface area contributed by atoms with Crippen LogP contribution in [0.4, 0.5) is 16.3 Å². The van der Waals surface area contributed by atoms with Gasteiger partial charge in [0.25, 0.3) is 0 Å². The summed E-state index contributed by atoms with van der Waals surface area (Å²) in [4.78, 5) is 21.6.